The number of benzene rings is 2. The molecule has 0 saturated heterocycles. The zero-order valence-corrected chi connectivity index (χ0v) is 15.8. The van der Waals surface area contributed by atoms with Crippen LogP contribution in [0.15, 0.2) is 59.5 Å². The Kier molecular flexibility index (Phi) is 4.96. The van der Waals surface area contributed by atoms with Crippen molar-refractivity contribution >= 4 is 40.1 Å². The van der Waals surface area contributed by atoms with Crippen LogP contribution in [0, 0.1) is 0 Å². The summed E-state index contributed by atoms with van der Waals surface area (Å²) in [5.74, 6) is 0. The third kappa shape index (κ3) is 7.67. The van der Waals surface area contributed by atoms with Gasteiger partial charge in [-0.3, -0.25) is 0 Å². The van der Waals surface area contributed by atoms with Crippen LogP contribution >= 0.6 is 19.1 Å². The van der Waals surface area contributed by atoms with Crippen molar-refractivity contribution in [3.63, 3.8) is 0 Å². The first-order chi connectivity index (χ1) is 11.2. The summed E-state index contributed by atoms with van der Waals surface area (Å²) in [4.78, 5) is 2.79. The van der Waals surface area contributed by atoms with E-state index in [-0.39, 0.29) is 0 Å². The van der Waals surface area contributed by atoms with Gasteiger partial charge < -0.3 is 0 Å². The average molecular weight is 416 g/mol. The molecule has 2 aromatic carbocycles. The molecule has 0 unspecified atom stereocenters. The van der Waals surface area contributed by atoms with Gasteiger partial charge in [0.1, 0.15) is 12.5 Å². The number of fused-ring (bicyclic) bond motifs is 1. The summed E-state index contributed by atoms with van der Waals surface area (Å²) in [5, 5.41) is 1.34. The van der Waals surface area contributed by atoms with Crippen LogP contribution < -0.4 is 0 Å². The minimum absolute atomic E-state index is 0.345. The number of halogens is 6. The minimum atomic E-state index is -10.7. The summed E-state index contributed by atoms with van der Waals surface area (Å²) in [5.41, 5.74) is 1.32. The van der Waals surface area contributed by atoms with Gasteiger partial charge >= 0.3 is 33.0 Å². The van der Waals surface area contributed by atoms with Crippen molar-refractivity contribution in [2.24, 2.45) is 0 Å². The van der Waals surface area contributed by atoms with Crippen LogP contribution in [-0.4, -0.2) is 12.5 Å². The molecule has 0 fully saturated rings. The first-order valence-corrected chi connectivity index (χ1v) is 11.8. The second-order valence-corrected chi connectivity index (χ2v) is 10.6. The molecule has 0 spiro atoms. The number of hydrogen-bond acceptors (Lipinski definition) is 1. The van der Waals surface area contributed by atoms with Gasteiger partial charge in [-0.2, -0.15) is 0 Å². The second-order valence-electron chi connectivity index (χ2n) is 5.45. The molecule has 25 heavy (non-hydrogen) atoms. The van der Waals surface area contributed by atoms with Gasteiger partial charge in [0, 0.05) is 20.5 Å². The first-order valence-electron chi connectivity index (χ1n) is 6.92. The van der Waals surface area contributed by atoms with E-state index in [9.17, 15) is 25.2 Å². The molecule has 0 aliphatic heterocycles. The van der Waals surface area contributed by atoms with Crippen LogP contribution in [0.5, 0.6) is 0 Å². The number of thiophene rings is 1. The van der Waals surface area contributed by atoms with Gasteiger partial charge in [-0.15, -0.1) is 11.3 Å². The molecule has 1 heterocycles. The van der Waals surface area contributed by atoms with E-state index in [1.807, 2.05) is 11.3 Å². The molecular formula is C16H15F6PS2. The van der Waals surface area contributed by atoms with E-state index < -0.39 is 7.81 Å². The fourth-order valence-corrected chi connectivity index (χ4v) is 3.76. The van der Waals surface area contributed by atoms with E-state index >= 15 is 0 Å². The first kappa shape index (κ1) is 20.1. The maximum absolute atomic E-state index is 10.7. The molecule has 0 aliphatic carbocycles. The fourth-order valence-electron chi connectivity index (χ4n) is 2.02. The summed E-state index contributed by atoms with van der Waals surface area (Å²) in [7, 11) is -10.3. The van der Waals surface area contributed by atoms with E-state index in [0.717, 1.165) is 0 Å². The molecule has 138 valence electrons. The molecule has 0 saturated carbocycles. The third-order valence-corrected chi connectivity index (χ3v) is 5.42. The number of hydrogen-bond donors (Lipinski definition) is 0. The SMILES string of the molecule is C[S+](C)c1ccc(-c2cc3ccccc3s2)cc1.F[P-](F)(F)(F)(F)F. The van der Waals surface area contributed by atoms with Crippen molar-refractivity contribution in [1.82, 2.24) is 0 Å². The van der Waals surface area contributed by atoms with E-state index in [1.54, 1.807) is 0 Å². The molecule has 3 aromatic rings. The maximum atomic E-state index is 9.87. The Morgan fingerprint density at radius 2 is 1.32 bits per heavy atom. The molecular weight excluding hydrogens is 401 g/mol. The standard InChI is InChI=1S/C16H15S2.F6P/c1-18(2)14-9-7-12(8-10-14)16-11-13-5-3-4-6-15(13)17-16;1-7(2,3,4,5)6/h3-11H,1-2H3;/q+1;-1. The Balaban J connectivity index is 0.000000277. The van der Waals surface area contributed by atoms with E-state index in [4.69, 9.17) is 0 Å². The molecule has 9 heteroatoms. The molecule has 1 aromatic heterocycles. The Labute approximate surface area is 148 Å². The van der Waals surface area contributed by atoms with Gasteiger partial charge in [0.25, 0.3) is 0 Å². The molecule has 0 bridgehead atoms. The summed E-state index contributed by atoms with van der Waals surface area (Å²) >= 11 is 1.87. The molecule has 0 radical (unpaired) electrons. The molecule has 3 rings (SSSR count). The molecule has 0 amide bonds. The van der Waals surface area contributed by atoms with Gasteiger partial charge in [-0.1, -0.05) is 18.2 Å². The van der Waals surface area contributed by atoms with Crippen molar-refractivity contribution in [3.05, 3.63) is 54.6 Å². The van der Waals surface area contributed by atoms with E-state index in [2.05, 4.69) is 67.1 Å². The summed E-state index contributed by atoms with van der Waals surface area (Å²) < 4.78 is 60.6. The monoisotopic (exact) mass is 416 g/mol. The summed E-state index contributed by atoms with van der Waals surface area (Å²) in [6.07, 6.45) is 4.52. The van der Waals surface area contributed by atoms with Crippen LogP contribution in [0.2, 0.25) is 0 Å². The van der Waals surface area contributed by atoms with Crippen LogP contribution in [0.1, 0.15) is 0 Å². The predicted octanol–water partition coefficient (Wildman–Crippen LogP) is 8.19. The topological polar surface area (TPSA) is 0 Å². The summed E-state index contributed by atoms with van der Waals surface area (Å²) in [6.45, 7) is 0. The van der Waals surface area contributed by atoms with Gasteiger partial charge in [-0.25, -0.2) is 0 Å². The van der Waals surface area contributed by atoms with Gasteiger partial charge in [0.15, 0.2) is 4.90 Å². The van der Waals surface area contributed by atoms with Gasteiger partial charge in [0.05, 0.1) is 0 Å². The van der Waals surface area contributed by atoms with Crippen LogP contribution in [-0.2, 0) is 10.9 Å². The fraction of sp³-hybridized carbons (Fsp3) is 0.125. The van der Waals surface area contributed by atoms with Crippen molar-refractivity contribution in [1.29, 1.82) is 0 Å². The van der Waals surface area contributed by atoms with E-state index in [0.29, 0.717) is 10.9 Å². The van der Waals surface area contributed by atoms with Crippen molar-refractivity contribution < 1.29 is 25.2 Å². The third-order valence-electron chi connectivity index (χ3n) is 3.04. The molecule has 0 aliphatic rings. The van der Waals surface area contributed by atoms with E-state index in [1.165, 1.54) is 25.4 Å². The number of rotatable bonds is 2. The van der Waals surface area contributed by atoms with Crippen LogP contribution in [0.3, 0.4) is 0 Å². The van der Waals surface area contributed by atoms with Gasteiger partial charge in [-0.05, 0) is 47.3 Å². The zero-order valence-electron chi connectivity index (χ0n) is 13.2. The van der Waals surface area contributed by atoms with Crippen molar-refractivity contribution in [3.8, 4) is 10.4 Å². The average Bonchev–Trinajstić information content (AvgIpc) is 2.88. The quantitative estimate of drug-likeness (QED) is 0.224. The Hall–Kier alpha value is -1.24. The Morgan fingerprint density at radius 1 is 0.800 bits per heavy atom. The summed E-state index contributed by atoms with van der Waals surface area (Å²) in [6, 6.07) is 19.8. The normalized spacial score (nSPS) is 14.6. The predicted molar refractivity (Wildman–Crippen MR) is 98.3 cm³/mol. The van der Waals surface area contributed by atoms with Crippen molar-refractivity contribution in [2.75, 3.05) is 12.5 Å². The molecule has 0 nitrogen and oxygen atoms in total. The van der Waals surface area contributed by atoms with Crippen LogP contribution in [0.4, 0.5) is 25.2 Å². The van der Waals surface area contributed by atoms with Gasteiger partial charge in [0.2, 0.25) is 0 Å². The second kappa shape index (κ2) is 6.18. The van der Waals surface area contributed by atoms with Crippen molar-refractivity contribution in [2.45, 2.75) is 4.90 Å². The zero-order chi connectivity index (χ0) is 18.9. The van der Waals surface area contributed by atoms with Crippen LogP contribution in [0.25, 0.3) is 20.5 Å². The molecule has 0 atom stereocenters. The molecule has 0 N–H and O–H groups in total. The Bertz CT molecular complexity index is 823. The Morgan fingerprint density at radius 3 is 1.80 bits per heavy atom.